The van der Waals surface area contributed by atoms with Gasteiger partial charge in [-0.2, -0.15) is 0 Å². The Hall–Kier alpha value is -2.21. The molecule has 0 N–H and O–H groups in total. The number of fused-ring (bicyclic) bond motifs is 2. The van der Waals surface area contributed by atoms with E-state index in [1.807, 2.05) is 6.07 Å². The summed E-state index contributed by atoms with van der Waals surface area (Å²) in [6.07, 6.45) is 12.0. The van der Waals surface area contributed by atoms with Gasteiger partial charge in [0.25, 0.3) is 0 Å². The molecule has 6 heteroatoms. The van der Waals surface area contributed by atoms with Gasteiger partial charge in [-0.3, -0.25) is 4.79 Å². The number of aryl methyl sites for hydroxylation is 1. The van der Waals surface area contributed by atoms with Gasteiger partial charge in [0, 0.05) is 23.8 Å². The van der Waals surface area contributed by atoms with E-state index in [-0.39, 0.29) is 24.1 Å². The van der Waals surface area contributed by atoms with E-state index in [9.17, 15) is 9.59 Å². The molecule has 1 aliphatic carbocycles. The third-order valence-electron chi connectivity index (χ3n) is 5.88. The number of esters is 1. The average Bonchev–Trinajstić information content (AvgIpc) is 2.81. The van der Waals surface area contributed by atoms with Gasteiger partial charge in [-0.15, -0.1) is 0 Å². The fourth-order valence-electron chi connectivity index (χ4n) is 4.35. The molecule has 0 fully saturated rings. The van der Waals surface area contributed by atoms with Gasteiger partial charge in [0.2, 0.25) is 0 Å². The monoisotopic (exact) mass is 460 g/mol. The van der Waals surface area contributed by atoms with Crippen molar-refractivity contribution in [3.63, 3.8) is 0 Å². The Kier molecular flexibility index (Phi) is 7.75. The van der Waals surface area contributed by atoms with E-state index < -0.39 is 16.0 Å². The van der Waals surface area contributed by atoms with Crippen molar-refractivity contribution in [1.82, 2.24) is 0 Å². The number of hydrogen-bond donors (Lipinski definition) is 0. The van der Waals surface area contributed by atoms with Gasteiger partial charge in [-0.25, -0.2) is 14.8 Å². The smallest absolute Gasteiger partial charge is 0.341 e. The molecular formula is C26H36O5S. The average molecular weight is 461 g/mol. The fourth-order valence-corrected chi connectivity index (χ4v) is 5.50. The second kappa shape index (κ2) is 10.2. The van der Waals surface area contributed by atoms with E-state index in [0.717, 1.165) is 59.6 Å². The minimum atomic E-state index is -0.918. The van der Waals surface area contributed by atoms with Crippen molar-refractivity contribution in [2.45, 2.75) is 52.1 Å². The molecule has 1 atom stereocenters. The number of carbonyl (C=O) groups excluding carboxylic acids is 2. The molecule has 2 aliphatic rings. The summed E-state index contributed by atoms with van der Waals surface area (Å²) in [4.78, 5) is 25.6. The Morgan fingerprint density at radius 3 is 2.50 bits per heavy atom. The molecule has 1 aromatic rings. The minimum Gasteiger partial charge on any atom is -0.496 e. The summed E-state index contributed by atoms with van der Waals surface area (Å²) in [5, 5.41) is 0. The minimum absolute atomic E-state index is 0.145. The number of benzene rings is 1. The maximum Gasteiger partial charge on any atom is 0.341 e. The van der Waals surface area contributed by atoms with E-state index in [0.29, 0.717) is 6.42 Å². The lowest BCUT2D eigenvalue weighted by Gasteiger charge is -2.36. The van der Waals surface area contributed by atoms with Crippen LogP contribution in [0.15, 0.2) is 29.4 Å². The molecule has 1 unspecified atom stereocenters. The molecule has 0 spiro atoms. The summed E-state index contributed by atoms with van der Waals surface area (Å²) >= 11 is 0. The first-order valence-electron chi connectivity index (χ1n) is 11.4. The van der Waals surface area contributed by atoms with Gasteiger partial charge < -0.3 is 14.2 Å². The van der Waals surface area contributed by atoms with Crippen LogP contribution in [-0.2, 0) is 20.7 Å². The van der Waals surface area contributed by atoms with Crippen molar-refractivity contribution in [1.29, 1.82) is 0 Å². The number of allylic oxidation sites excluding steroid dienone is 1. The zero-order valence-electron chi connectivity index (χ0n) is 20.2. The van der Waals surface area contributed by atoms with Crippen LogP contribution in [0, 0.1) is 0 Å². The van der Waals surface area contributed by atoms with Crippen molar-refractivity contribution >= 4 is 27.4 Å². The summed E-state index contributed by atoms with van der Waals surface area (Å²) in [7, 11) is 0.768. The lowest BCUT2D eigenvalue weighted by molar-refractivity contribution is -0.140. The van der Waals surface area contributed by atoms with Gasteiger partial charge in [0.05, 0.1) is 13.7 Å². The summed E-state index contributed by atoms with van der Waals surface area (Å²) in [6.45, 7) is 4.10. The van der Waals surface area contributed by atoms with Crippen LogP contribution in [0.1, 0.15) is 50.7 Å². The number of ether oxygens (including phenoxy) is 3. The Balaban J connectivity index is 2.26. The zero-order valence-corrected chi connectivity index (χ0v) is 21.0. The molecule has 0 saturated heterocycles. The molecule has 32 heavy (non-hydrogen) atoms. The van der Waals surface area contributed by atoms with Crippen molar-refractivity contribution in [3.05, 3.63) is 40.5 Å². The molecule has 1 heterocycles. The third-order valence-corrected chi connectivity index (χ3v) is 7.18. The molecule has 0 bridgehead atoms. The topological polar surface area (TPSA) is 61.8 Å². The van der Waals surface area contributed by atoms with E-state index in [4.69, 9.17) is 14.2 Å². The highest BCUT2D eigenvalue weighted by atomic mass is 32.3. The Labute approximate surface area is 193 Å². The third kappa shape index (κ3) is 5.40. The summed E-state index contributed by atoms with van der Waals surface area (Å²) in [5.74, 6) is 1.81. The van der Waals surface area contributed by atoms with Crippen LogP contribution >= 0.6 is 10.0 Å². The van der Waals surface area contributed by atoms with Gasteiger partial charge in [-0.1, -0.05) is 6.92 Å². The number of Topliss-reactive ketones (excluding diaryl/α,β-unsaturated/α-hetero) is 1. The van der Waals surface area contributed by atoms with E-state index in [1.54, 1.807) is 20.1 Å². The highest BCUT2D eigenvalue weighted by molar-refractivity contribution is 8.32. The molecule has 176 valence electrons. The van der Waals surface area contributed by atoms with E-state index >= 15 is 0 Å². The first-order valence-corrected chi connectivity index (χ1v) is 14.4. The normalized spacial score (nSPS) is 21.1. The largest absolute Gasteiger partial charge is 0.496 e. The van der Waals surface area contributed by atoms with Gasteiger partial charge in [0.1, 0.15) is 23.2 Å². The van der Waals surface area contributed by atoms with Crippen LogP contribution in [0.5, 0.6) is 11.5 Å². The molecule has 1 aliphatic heterocycles. The van der Waals surface area contributed by atoms with Crippen LogP contribution in [0.4, 0.5) is 0 Å². The van der Waals surface area contributed by atoms with Crippen molar-refractivity contribution in [3.8, 4) is 11.5 Å². The molecule has 1 aromatic carbocycles. The van der Waals surface area contributed by atoms with Crippen LogP contribution in [0.25, 0.3) is 5.57 Å². The van der Waals surface area contributed by atoms with Crippen LogP contribution in [0.2, 0.25) is 0 Å². The van der Waals surface area contributed by atoms with Crippen LogP contribution < -0.4 is 9.47 Å². The number of carbonyl (C=O) groups is 2. The van der Waals surface area contributed by atoms with Crippen molar-refractivity contribution < 1.29 is 23.8 Å². The van der Waals surface area contributed by atoms with Gasteiger partial charge in [0.15, 0.2) is 5.78 Å². The van der Waals surface area contributed by atoms with Gasteiger partial charge >= 0.3 is 5.97 Å². The van der Waals surface area contributed by atoms with Gasteiger partial charge in [-0.05, 0) is 80.2 Å². The Morgan fingerprint density at radius 2 is 1.88 bits per heavy atom. The maximum atomic E-state index is 12.9. The highest BCUT2D eigenvalue weighted by Gasteiger charge is 2.33. The Bertz CT molecular complexity index is 942. The number of ketones is 1. The number of hydrogen-bond acceptors (Lipinski definition) is 5. The predicted octanol–water partition coefficient (Wildman–Crippen LogP) is 5.10. The molecular weight excluding hydrogens is 424 g/mol. The second-order valence-electron chi connectivity index (χ2n) is 9.22. The standard InChI is InChI=1S/C26H36O5S/c1-7-17-13-19-18-11-9-10-12-22(27)21(26(28)30-8-2)14-20(18)25(16-32(4,5)6)31-24(19)15-23(17)29-3/h13-15,25H,7-12,16H2,1-6H3/b21-14+. The van der Waals surface area contributed by atoms with Crippen LogP contribution in [0.3, 0.4) is 0 Å². The molecule has 0 aromatic heterocycles. The second-order valence-corrected chi connectivity index (χ2v) is 13.7. The van der Waals surface area contributed by atoms with E-state index in [2.05, 4.69) is 31.8 Å². The molecule has 5 nitrogen and oxygen atoms in total. The molecule has 3 rings (SSSR count). The Morgan fingerprint density at radius 1 is 1.16 bits per heavy atom. The lowest BCUT2D eigenvalue weighted by atomic mass is 9.88. The van der Waals surface area contributed by atoms with E-state index in [1.165, 1.54) is 5.57 Å². The SMILES string of the molecule is CCOC(=O)/C1=C/C2=C(CCCCC1=O)c1cc(CC)c(OC)cc1OC2CS(C)(C)C. The number of methoxy groups -OCH3 is 1. The first kappa shape index (κ1) is 24.4. The number of rotatable bonds is 6. The lowest BCUT2D eigenvalue weighted by Crippen LogP contribution is -2.30. The molecule has 0 amide bonds. The molecule has 0 saturated carbocycles. The summed E-state index contributed by atoms with van der Waals surface area (Å²) < 4.78 is 17.4. The molecule has 0 radical (unpaired) electrons. The van der Waals surface area contributed by atoms with Crippen LogP contribution in [-0.4, -0.2) is 56.1 Å². The van der Waals surface area contributed by atoms with Crippen molar-refractivity contribution in [2.24, 2.45) is 0 Å². The fraction of sp³-hybridized carbons (Fsp3) is 0.538. The summed E-state index contributed by atoms with van der Waals surface area (Å²) in [5.41, 5.74) is 4.43. The quantitative estimate of drug-likeness (QED) is 0.437. The maximum absolute atomic E-state index is 12.9. The first-order chi connectivity index (χ1) is 15.2. The highest BCUT2D eigenvalue weighted by Crippen LogP contribution is 2.47. The predicted molar refractivity (Wildman–Crippen MR) is 132 cm³/mol. The van der Waals surface area contributed by atoms with Crippen molar-refractivity contribution in [2.75, 3.05) is 38.2 Å². The summed E-state index contributed by atoms with van der Waals surface area (Å²) in [6, 6.07) is 4.15. The zero-order chi connectivity index (χ0) is 23.5.